The normalized spacial score (nSPS) is 14.7. The number of hydrogen-bond acceptors (Lipinski definition) is 3. The molecule has 0 aromatic heterocycles. The summed E-state index contributed by atoms with van der Waals surface area (Å²) in [6.45, 7) is 4.05. The van der Waals surface area contributed by atoms with Crippen LogP contribution < -0.4 is 5.32 Å². The summed E-state index contributed by atoms with van der Waals surface area (Å²) < 4.78 is 0. The fourth-order valence-corrected chi connectivity index (χ4v) is 1.34. The van der Waals surface area contributed by atoms with Gasteiger partial charge in [-0.1, -0.05) is 6.08 Å². The van der Waals surface area contributed by atoms with Gasteiger partial charge in [-0.05, 0) is 12.8 Å². The van der Waals surface area contributed by atoms with Gasteiger partial charge in [0.25, 0.3) is 0 Å². The van der Waals surface area contributed by atoms with Crippen molar-refractivity contribution in [2.24, 2.45) is 0 Å². The van der Waals surface area contributed by atoms with Gasteiger partial charge < -0.3 is 15.3 Å². The van der Waals surface area contributed by atoms with Crippen LogP contribution in [-0.2, 0) is 9.59 Å². The van der Waals surface area contributed by atoms with Gasteiger partial charge >= 0.3 is 5.97 Å². The first-order valence-electron chi connectivity index (χ1n) is 4.98. The standard InChI is InChI=1S/C10H16N2O3/c1-2-5-11-6-9(13)12(7-10(14)15)8-3-4-8/h2,8,11H,1,3-7H2,(H,14,15). The molecule has 0 atom stereocenters. The quantitative estimate of drug-likeness (QED) is 0.454. The summed E-state index contributed by atoms with van der Waals surface area (Å²) in [6.07, 6.45) is 3.49. The Kier molecular flexibility index (Phi) is 4.30. The van der Waals surface area contributed by atoms with Crippen LogP contribution in [0.3, 0.4) is 0 Å². The van der Waals surface area contributed by atoms with E-state index in [1.807, 2.05) is 0 Å². The minimum absolute atomic E-state index is 0.138. The van der Waals surface area contributed by atoms with Crippen molar-refractivity contribution >= 4 is 11.9 Å². The third-order valence-corrected chi connectivity index (χ3v) is 2.18. The summed E-state index contributed by atoms with van der Waals surface area (Å²) >= 11 is 0. The summed E-state index contributed by atoms with van der Waals surface area (Å²) in [4.78, 5) is 23.6. The molecule has 5 nitrogen and oxygen atoms in total. The Hall–Kier alpha value is -1.36. The van der Waals surface area contributed by atoms with Crippen molar-refractivity contribution < 1.29 is 14.7 Å². The Morgan fingerprint density at radius 2 is 2.20 bits per heavy atom. The van der Waals surface area contributed by atoms with Crippen LogP contribution in [-0.4, -0.2) is 47.6 Å². The minimum Gasteiger partial charge on any atom is -0.480 e. The second kappa shape index (κ2) is 5.50. The lowest BCUT2D eigenvalue weighted by atomic mass is 10.4. The molecule has 84 valence electrons. The van der Waals surface area contributed by atoms with E-state index in [4.69, 9.17) is 5.11 Å². The molecule has 5 heteroatoms. The number of aliphatic carboxylic acids is 1. The van der Waals surface area contributed by atoms with Crippen molar-refractivity contribution in [1.29, 1.82) is 0 Å². The number of amides is 1. The van der Waals surface area contributed by atoms with Gasteiger partial charge in [0, 0.05) is 12.6 Å². The zero-order valence-corrected chi connectivity index (χ0v) is 8.61. The second-order valence-electron chi connectivity index (χ2n) is 3.57. The second-order valence-corrected chi connectivity index (χ2v) is 3.57. The van der Waals surface area contributed by atoms with Crippen LogP contribution in [0, 0.1) is 0 Å². The first-order valence-corrected chi connectivity index (χ1v) is 4.98. The van der Waals surface area contributed by atoms with Crippen molar-refractivity contribution in [3.8, 4) is 0 Å². The van der Waals surface area contributed by atoms with Crippen LogP contribution in [0.5, 0.6) is 0 Å². The molecule has 0 aliphatic heterocycles. The molecule has 1 fully saturated rings. The molecule has 1 saturated carbocycles. The predicted octanol–water partition coefficient (Wildman–Crippen LogP) is -0.162. The van der Waals surface area contributed by atoms with Gasteiger partial charge in [-0.2, -0.15) is 0 Å². The van der Waals surface area contributed by atoms with E-state index in [1.54, 1.807) is 6.08 Å². The van der Waals surface area contributed by atoms with Gasteiger partial charge in [-0.15, -0.1) is 6.58 Å². The van der Waals surface area contributed by atoms with Crippen molar-refractivity contribution in [3.05, 3.63) is 12.7 Å². The number of carbonyl (C=O) groups excluding carboxylic acids is 1. The molecule has 0 aromatic carbocycles. The largest absolute Gasteiger partial charge is 0.480 e. The van der Waals surface area contributed by atoms with Crippen molar-refractivity contribution in [2.75, 3.05) is 19.6 Å². The molecule has 0 aromatic rings. The molecular formula is C10H16N2O3. The van der Waals surface area contributed by atoms with Crippen molar-refractivity contribution in [2.45, 2.75) is 18.9 Å². The van der Waals surface area contributed by atoms with Crippen LogP contribution in [0.2, 0.25) is 0 Å². The van der Waals surface area contributed by atoms with E-state index in [1.165, 1.54) is 4.90 Å². The molecule has 0 unspecified atom stereocenters. The minimum atomic E-state index is -0.959. The number of rotatable bonds is 7. The first-order chi connectivity index (χ1) is 7.15. The van der Waals surface area contributed by atoms with E-state index in [9.17, 15) is 9.59 Å². The van der Waals surface area contributed by atoms with E-state index in [2.05, 4.69) is 11.9 Å². The Bertz CT molecular complexity index is 261. The van der Waals surface area contributed by atoms with Crippen LogP contribution in [0.1, 0.15) is 12.8 Å². The molecule has 1 rings (SSSR count). The Balaban J connectivity index is 2.37. The number of nitrogens with one attached hydrogen (secondary N) is 1. The average molecular weight is 212 g/mol. The highest BCUT2D eigenvalue weighted by Gasteiger charge is 2.33. The number of carboxylic acid groups (broad SMARTS) is 1. The topological polar surface area (TPSA) is 69.6 Å². The maximum Gasteiger partial charge on any atom is 0.323 e. The highest BCUT2D eigenvalue weighted by molar-refractivity contribution is 5.83. The van der Waals surface area contributed by atoms with Gasteiger partial charge in [0.2, 0.25) is 5.91 Å². The summed E-state index contributed by atoms with van der Waals surface area (Å²) in [5.41, 5.74) is 0. The lowest BCUT2D eigenvalue weighted by Crippen LogP contribution is -2.42. The number of nitrogens with zero attached hydrogens (tertiary/aromatic N) is 1. The van der Waals surface area contributed by atoms with Gasteiger partial charge in [0.15, 0.2) is 0 Å². The number of carbonyl (C=O) groups is 2. The van der Waals surface area contributed by atoms with Crippen LogP contribution in [0.15, 0.2) is 12.7 Å². The molecule has 0 radical (unpaired) electrons. The van der Waals surface area contributed by atoms with Crippen molar-refractivity contribution in [1.82, 2.24) is 10.2 Å². The van der Waals surface area contributed by atoms with Gasteiger partial charge in [0.05, 0.1) is 6.54 Å². The fourth-order valence-electron chi connectivity index (χ4n) is 1.34. The van der Waals surface area contributed by atoms with Crippen LogP contribution >= 0.6 is 0 Å². The Morgan fingerprint density at radius 3 is 2.67 bits per heavy atom. The molecule has 1 aliphatic rings. The zero-order valence-electron chi connectivity index (χ0n) is 8.61. The van der Waals surface area contributed by atoms with Crippen LogP contribution in [0.25, 0.3) is 0 Å². The molecule has 0 heterocycles. The number of carboxylic acids is 1. The molecule has 1 aliphatic carbocycles. The van der Waals surface area contributed by atoms with E-state index in [0.717, 1.165) is 12.8 Å². The molecule has 0 bridgehead atoms. The Labute approximate surface area is 88.8 Å². The monoisotopic (exact) mass is 212 g/mol. The van der Waals surface area contributed by atoms with E-state index in [-0.39, 0.29) is 25.0 Å². The average Bonchev–Trinajstić information content (AvgIpc) is 2.97. The molecule has 15 heavy (non-hydrogen) atoms. The van der Waals surface area contributed by atoms with Crippen LogP contribution in [0.4, 0.5) is 0 Å². The van der Waals surface area contributed by atoms with E-state index < -0.39 is 5.97 Å². The predicted molar refractivity (Wildman–Crippen MR) is 55.4 cm³/mol. The third kappa shape index (κ3) is 4.12. The SMILES string of the molecule is C=CCNCC(=O)N(CC(=O)O)C1CC1. The first kappa shape index (κ1) is 11.7. The number of hydrogen-bond donors (Lipinski definition) is 2. The highest BCUT2D eigenvalue weighted by atomic mass is 16.4. The maximum absolute atomic E-state index is 11.6. The highest BCUT2D eigenvalue weighted by Crippen LogP contribution is 2.26. The van der Waals surface area contributed by atoms with Gasteiger partial charge in [-0.3, -0.25) is 9.59 Å². The van der Waals surface area contributed by atoms with Gasteiger partial charge in [0.1, 0.15) is 6.54 Å². The molecular weight excluding hydrogens is 196 g/mol. The fraction of sp³-hybridized carbons (Fsp3) is 0.600. The lowest BCUT2D eigenvalue weighted by Gasteiger charge is -2.20. The van der Waals surface area contributed by atoms with E-state index >= 15 is 0 Å². The van der Waals surface area contributed by atoms with Gasteiger partial charge in [-0.25, -0.2) is 0 Å². The Morgan fingerprint density at radius 1 is 1.53 bits per heavy atom. The molecule has 0 spiro atoms. The molecule has 0 saturated heterocycles. The summed E-state index contributed by atoms with van der Waals surface area (Å²) in [6, 6.07) is 0.138. The third-order valence-electron chi connectivity index (χ3n) is 2.18. The molecule has 2 N–H and O–H groups in total. The summed E-state index contributed by atoms with van der Waals surface area (Å²) in [7, 11) is 0. The summed E-state index contributed by atoms with van der Waals surface area (Å²) in [5.74, 6) is -1.11. The van der Waals surface area contributed by atoms with E-state index in [0.29, 0.717) is 6.54 Å². The smallest absolute Gasteiger partial charge is 0.323 e. The lowest BCUT2D eigenvalue weighted by molar-refractivity contribution is -0.144. The maximum atomic E-state index is 11.6. The van der Waals surface area contributed by atoms with Crippen molar-refractivity contribution in [3.63, 3.8) is 0 Å². The summed E-state index contributed by atoms with van der Waals surface area (Å²) in [5, 5.41) is 11.5. The molecule has 1 amide bonds. The zero-order chi connectivity index (χ0) is 11.3.